The molecule has 34 heavy (non-hydrogen) atoms. The van der Waals surface area contributed by atoms with Gasteiger partial charge in [0.25, 0.3) is 0 Å². The molecule has 0 aliphatic rings. The quantitative estimate of drug-likeness (QED) is 0.136. The van der Waals surface area contributed by atoms with E-state index >= 15 is 0 Å². The summed E-state index contributed by atoms with van der Waals surface area (Å²) in [5.41, 5.74) is 8.53. The summed E-state index contributed by atoms with van der Waals surface area (Å²) in [6.45, 7) is 0. The van der Waals surface area contributed by atoms with Crippen LogP contribution in [0, 0.1) is 28.9 Å². The summed E-state index contributed by atoms with van der Waals surface area (Å²) in [6.07, 6.45) is 2.44. The van der Waals surface area contributed by atoms with Gasteiger partial charge < -0.3 is 16.5 Å². The Morgan fingerprint density at radius 1 is 0.971 bits per heavy atom. The molecule has 0 saturated carbocycles. The molecule has 0 atom stereocenters. The summed E-state index contributed by atoms with van der Waals surface area (Å²) in [6, 6.07) is 22.3. The summed E-state index contributed by atoms with van der Waals surface area (Å²) in [4.78, 5) is 4.96. The third-order valence-electron chi connectivity index (χ3n) is 4.99. The van der Waals surface area contributed by atoms with E-state index in [0.29, 0.717) is 17.0 Å². The van der Waals surface area contributed by atoms with Crippen molar-refractivity contribution in [3.8, 4) is 23.0 Å². The molecular weight excluding hydrogens is 450 g/mol. The topological polar surface area (TPSA) is 74.8 Å². The molecular formula is C27H20F2N4S. The average molecular weight is 471 g/mol. The lowest BCUT2D eigenvalue weighted by Crippen LogP contribution is -2.03. The molecule has 168 valence electrons. The number of anilines is 2. The van der Waals surface area contributed by atoms with E-state index in [0.717, 1.165) is 22.2 Å². The summed E-state index contributed by atoms with van der Waals surface area (Å²) in [7, 11) is 0. The van der Waals surface area contributed by atoms with Gasteiger partial charge in [-0.3, -0.25) is 0 Å². The van der Waals surface area contributed by atoms with Crippen molar-refractivity contribution in [3.05, 3.63) is 107 Å². The normalized spacial score (nSPS) is 10.3. The molecule has 0 fully saturated rings. The van der Waals surface area contributed by atoms with E-state index in [1.165, 1.54) is 30.1 Å². The van der Waals surface area contributed by atoms with E-state index < -0.39 is 11.6 Å². The van der Waals surface area contributed by atoms with Crippen LogP contribution in [-0.2, 0) is 0 Å². The van der Waals surface area contributed by atoms with Gasteiger partial charge in [-0.2, -0.15) is 0 Å². The number of nitrogens with one attached hydrogen (secondary N) is 2. The minimum absolute atomic E-state index is 0.162. The molecule has 0 aliphatic carbocycles. The molecule has 4 rings (SSSR count). The third kappa shape index (κ3) is 5.42. The van der Waals surface area contributed by atoms with Crippen molar-refractivity contribution in [1.29, 1.82) is 5.41 Å². The standard InChI is InChI=1S/C27H20F2N4S/c28-24-12-13-25(26(29)23(24)11-6-18-14-21(15-30)27(31)32-16-18)33-17-34-22-9-7-20(8-10-22)19-4-2-1-3-5-19/h1-5,7-10,12-16,30,33H,17H2,(H2,31,32). The van der Waals surface area contributed by atoms with Crippen LogP contribution in [0.2, 0.25) is 0 Å². The second-order valence-corrected chi connectivity index (χ2v) is 8.28. The number of halogens is 2. The molecule has 3 aromatic carbocycles. The van der Waals surface area contributed by atoms with E-state index in [9.17, 15) is 8.78 Å². The minimum atomic E-state index is -0.761. The zero-order valence-corrected chi connectivity index (χ0v) is 18.8. The van der Waals surface area contributed by atoms with Crippen LogP contribution >= 0.6 is 11.8 Å². The molecule has 0 spiro atoms. The fraction of sp³-hybridized carbons (Fsp3) is 0.0370. The van der Waals surface area contributed by atoms with E-state index in [4.69, 9.17) is 11.1 Å². The van der Waals surface area contributed by atoms with Crippen LogP contribution in [0.5, 0.6) is 0 Å². The van der Waals surface area contributed by atoms with Gasteiger partial charge in [0, 0.05) is 28.4 Å². The zero-order valence-electron chi connectivity index (χ0n) is 18.0. The predicted octanol–water partition coefficient (Wildman–Crippen LogP) is 6.17. The van der Waals surface area contributed by atoms with Crippen molar-refractivity contribution in [1.82, 2.24) is 4.98 Å². The van der Waals surface area contributed by atoms with Gasteiger partial charge in [0.15, 0.2) is 5.82 Å². The highest BCUT2D eigenvalue weighted by Gasteiger charge is 2.12. The Morgan fingerprint density at radius 3 is 2.44 bits per heavy atom. The zero-order chi connectivity index (χ0) is 23.9. The monoisotopic (exact) mass is 470 g/mol. The lowest BCUT2D eigenvalue weighted by molar-refractivity contribution is 0.580. The highest BCUT2D eigenvalue weighted by Crippen LogP contribution is 2.26. The van der Waals surface area contributed by atoms with Crippen LogP contribution in [0.3, 0.4) is 0 Å². The van der Waals surface area contributed by atoms with Gasteiger partial charge in [-0.05, 0) is 41.5 Å². The number of pyridine rings is 1. The van der Waals surface area contributed by atoms with Crippen molar-refractivity contribution in [3.63, 3.8) is 0 Å². The van der Waals surface area contributed by atoms with E-state index in [1.807, 2.05) is 42.5 Å². The molecule has 0 bridgehead atoms. The van der Waals surface area contributed by atoms with E-state index in [-0.39, 0.29) is 17.1 Å². The Kier molecular flexibility index (Phi) is 7.21. The SMILES string of the molecule is N=Cc1cc(C#Cc2c(F)ccc(NCSc3ccc(-c4ccccc4)cc3)c2F)cnc1N. The number of rotatable bonds is 6. The van der Waals surface area contributed by atoms with E-state index in [1.54, 1.807) is 6.07 Å². The van der Waals surface area contributed by atoms with Crippen LogP contribution in [0.4, 0.5) is 20.3 Å². The number of hydrogen-bond acceptors (Lipinski definition) is 5. The molecule has 0 radical (unpaired) electrons. The molecule has 0 amide bonds. The van der Waals surface area contributed by atoms with Crippen molar-refractivity contribution in [2.24, 2.45) is 0 Å². The van der Waals surface area contributed by atoms with Crippen molar-refractivity contribution < 1.29 is 8.78 Å². The van der Waals surface area contributed by atoms with Gasteiger partial charge in [0.1, 0.15) is 11.6 Å². The Balaban J connectivity index is 1.44. The Morgan fingerprint density at radius 2 is 1.71 bits per heavy atom. The lowest BCUT2D eigenvalue weighted by atomic mass is 10.1. The highest BCUT2D eigenvalue weighted by molar-refractivity contribution is 7.99. The molecule has 0 saturated heterocycles. The Bertz CT molecular complexity index is 1380. The molecule has 4 nitrogen and oxygen atoms in total. The number of nitrogens with zero attached hydrogens (tertiary/aromatic N) is 1. The molecule has 1 heterocycles. The van der Waals surface area contributed by atoms with Gasteiger partial charge in [0.2, 0.25) is 0 Å². The maximum atomic E-state index is 14.9. The molecule has 4 N–H and O–H groups in total. The lowest BCUT2D eigenvalue weighted by Gasteiger charge is -2.10. The van der Waals surface area contributed by atoms with Gasteiger partial charge in [0.05, 0.1) is 17.1 Å². The second kappa shape index (κ2) is 10.6. The number of benzene rings is 3. The Labute approximate surface area is 200 Å². The Hall–Kier alpha value is -4.15. The number of nitrogens with two attached hydrogens (primary N) is 1. The van der Waals surface area contributed by atoms with Gasteiger partial charge in [-0.25, -0.2) is 13.8 Å². The maximum Gasteiger partial charge on any atom is 0.164 e. The molecule has 7 heteroatoms. The summed E-state index contributed by atoms with van der Waals surface area (Å²) < 4.78 is 29.2. The predicted molar refractivity (Wildman–Crippen MR) is 135 cm³/mol. The van der Waals surface area contributed by atoms with Crippen molar-refractivity contribution >= 4 is 29.5 Å². The fourth-order valence-corrected chi connectivity index (χ4v) is 3.91. The first kappa shape index (κ1) is 23.0. The number of nitrogen functional groups attached to an aromatic ring is 1. The van der Waals surface area contributed by atoms with Crippen LogP contribution in [0.1, 0.15) is 16.7 Å². The van der Waals surface area contributed by atoms with Crippen LogP contribution in [0.15, 0.2) is 83.9 Å². The first-order chi connectivity index (χ1) is 16.5. The highest BCUT2D eigenvalue weighted by atomic mass is 32.2. The summed E-state index contributed by atoms with van der Waals surface area (Å²) in [5.74, 6) is 4.29. The molecule has 0 unspecified atom stereocenters. The van der Waals surface area contributed by atoms with Crippen LogP contribution in [0.25, 0.3) is 11.1 Å². The first-order valence-electron chi connectivity index (χ1n) is 10.3. The molecule has 4 aromatic rings. The minimum Gasteiger partial charge on any atom is -0.383 e. The van der Waals surface area contributed by atoms with Gasteiger partial charge in [-0.1, -0.05) is 54.3 Å². The summed E-state index contributed by atoms with van der Waals surface area (Å²) >= 11 is 1.50. The maximum absolute atomic E-state index is 14.9. The molecule has 0 aliphatic heterocycles. The molecule has 1 aromatic heterocycles. The van der Waals surface area contributed by atoms with Crippen LogP contribution in [-0.4, -0.2) is 17.1 Å². The summed E-state index contributed by atoms with van der Waals surface area (Å²) in [5, 5.41) is 10.3. The number of thioether (sulfide) groups is 1. The average Bonchev–Trinajstić information content (AvgIpc) is 2.87. The van der Waals surface area contributed by atoms with Gasteiger partial charge >= 0.3 is 0 Å². The van der Waals surface area contributed by atoms with Gasteiger partial charge in [-0.15, -0.1) is 11.8 Å². The van der Waals surface area contributed by atoms with Crippen LogP contribution < -0.4 is 11.1 Å². The number of aromatic nitrogens is 1. The first-order valence-corrected chi connectivity index (χ1v) is 11.3. The van der Waals surface area contributed by atoms with Crippen molar-refractivity contribution in [2.45, 2.75) is 4.90 Å². The second-order valence-electron chi connectivity index (χ2n) is 7.23. The number of hydrogen-bond donors (Lipinski definition) is 3. The van der Waals surface area contributed by atoms with E-state index in [2.05, 4.69) is 34.3 Å². The van der Waals surface area contributed by atoms with Crippen molar-refractivity contribution in [2.75, 3.05) is 16.9 Å². The third-order valence-corrected chi connectivity index (χ3v) is 5.89. The smallest absolute Gasteiger partial charge is 0.164 e. The largest absolute Gasteiger partial charge is 0.383 e. The fourth-order valence-electron chi connectivity index (χ4n) is 3.19.